The summed E-state index contributed by atoms with van der Waals surface area (Å²) in [5.41, 5.74) is 11.1. The van der Waals surface area contributed by atoms with Crippen LogP contribution in [-0.2, 0) is 7.05 Å². The second-order valence-corrected chi connectivity index (χ2v) is 12.8. The number of nitrogens with zero attached hydrogens (tertiary/aromatic N) is 4. The fourth-order valence-electron chi connectivity index (χ4n) is 5.46. The van der Waals surface area contributed by atoms with Crippen molar-refractivity contribution in [1.29, 1.82) is 5.26 Å². The van der Waals surface area contributed by atoms with Crippen LogP contribution in [0, 0.1) is 16.7 Å². The lowest BCUT2D eigenvalue weighted by Crippen LogP contribution is -2.46. The molecule has 3 heterocycles. The topological polar surface area (TPSA) is 110 Å². The van der Waals surface area contributed by atoms with Crippen LogP contribution in [0.2, 0.25) is 5.02 Å². The number of nitrogens with one attached hydrogen (secondary N) is 4. The van der Waals surface area contributed by atoms with Crippen molar-refractivity contribution in [2.75, 3.05) is 17.2 Å². The van der Waals surface area contributed by atoms with Gasteiger partial charge >= 0.3 is 0 Å². The van der Waals surface area contributed by atoms with Crippen LogP contribution in [0.25, 0.3) is 21.7 Å². The molecule has 1 aliphatic carbocycles. The molecule has 2 aromatic carbocycles. The summed E-state index contributed by atoms with van der Waals surface area (Å²) in [6.07, 6.45) is 8.98. The average Bonchev–Trinajstić information content (AvgIpc) is 3.39. The van der Waals surface area contributed by atoms with Crippen LogP contribution in [0.4, 0.5) is 11.4 Å². The zero-order chi connectivity index (χ0) is 29.6. The maximum Gasteiger partial charge on any atom is 0.258 e. The van der Waals surface area contributed by atoms with Crippen molar-refractivity contribution >= 4 is 44.7 Å². The molecule has 1 saturated carbocycles. The maximum absolute atomic E-state index is 13.0. The largest absolute Gasteiger partial charge is 0.383 e. The van der Waals surface area contributed by atoms with Gasteiger partial charge in [0.25, 0.3) is 5.56 Å². The highest BCUT2D eigenvalue weighted by atomic mass is 35.5. The number of benzene rings is 2. The van der Waals surface area contributed by atoms with Gasteiger partial charge in [0.15, 0.2) is 0 Å². The first-order valence-electron chi connectivity index (χ1n) is 14.3. The number of fused-ring (bicyclic) bond motifs is 2. The van der Waals surface area contributed by atoms with Crippen molar-refractivity contribution in [2.24, 2.45) is 12.5 Å². The molecule has 10 heteroatoms. The van der Waals surface area contributed by atoms with E-state index in [4.69, 9.17) is 11.6 Å². The number of hydrogen-bond acceptors (Lipinski definition) is 8. The summed E-state index contributed by atoms with van der Waals surface area (Å²) in [7, 11) is 1.76. The van der Waals surface area contributed by atoms with E-state index in [9.17, 15) is 10.1 Å². The lowest BCUT2D eigenvalue weighted by Gasteiger charge is -2.33. The van der Waals surface area contributed by atoms with Gasteiger partial charge in [-0.3, -0.25) is 14.8 Å². The van der Waals surface area contributed by atoms with Gasteiger partial charge in [0.1, 0.15) is 6.07 Å². The molecule has 0 saturated heterocycles. The van der Waals surface area contributed by atoms with Gasteiger partial charge < -0.3 is 20.6 Å². The van der Waals surface area contributed by atoms with Crippen molar-refractivity contribution < 1.29 is 0 Å². The SMILES string of the molecule is Cn1ccc2c([C@H](Nc3cc(Cl)c4ncc(C#N)c(NCC(C)(C)C)c4c3)C3=CN(C4CCC4)NN3)cccc2c1=O. The van der Waals surface area contributed by atoms with Crippen LogP contribution in [0.15, 0.2) is 65.5 Å². The van der Waals surface area contributed by atoms with E-state index in [0.29, 0.717) is 39.8 Å². The van der Waals surface area contributed by atoms with E-state index in [1.165, 1.54) is 6.42 Å². The quantitative estimate of drug-likeness (QED) is 0.212. The second-order valence-electron chi connectivity index (χ2n) is 12.4. The summed E-state index contributed by atoms with van der Waals surface area (Å²) in [5, 5.41) is 22.0. The molecule has 4 aromatic rings. The monoisotopic (exact) mass is 582 g/mol. The van der Waals surface area contributed by atoms with E-state index in [0.717, 1.165) is 40.6 Å². The minimum atomic E-state index is -0.343. The highest BCUT2D eigenvalue weighted by Crippen LogP contribution is 2.38. The molecular weight excluding hydrogens is 548 g/mol. The maximum atomic E-state index is 13.0. The molecule has 0 unspecified atom stereocenters. The van der Waals surface area contributed by atoms with Crippen molar-refractivity contribution in [1.82, 2.24) is 25.5 Å². The highest BCUT2D eigenvalue weighted by Gasteiger charge is 2.30. The Morgan fingerprint density at radius 1 is 1.19 bits per heavy atom. The van der Waals surface area contributed by atoms with Crippen LogP contribution in [-0.4, -0.2) is 27.1 Å². The lowest BCUT2D eigenvalue weighted by atomic mass is 9.92. The molecule has 2 aliphatic rings. The summed E-state index contributed by atoms with van der Waals surface area (Å²) in [6.45, 7) is 7.09. The smallest absolute Gasteiger partial charge is 0.258 e. The van der Waals surface area contributed by atoms with Gasteiger partial charge in [-0.1, -0.05) is 44.5 Å². The van der Waals surface area contributed by atoms with Crippen LogP contribution < -0.4 is 27.2 Å². The summed E-state index contributed by atoms with van der Waals surface area (Å²) in [4.78, 5) is 17.5. The number of pyridine rings is 2. The van der Waals surface area contributed by atoms with Crippen LogP contribution in [0.1, 0.15) is 57.2 Å². The van der Waals surface area contributed by atoms with Gasteiger partial charge in [0.2, 0.25) is 0 Å². The third-order valence-electron chi connectivity index (χ3n) is 8.00. The zero-order valence-corrected chi connectivity index (χ0v) is 25.0. The molecule has 9 nitrogen and oxygen atoms in total. The van der Waals surface area contributed by atoms with Gasteiger partial charge in [0.05, 0.1) is 33.5 Å². The Kier molecular flexibility index (Phi) is 7.21. The first kappa shape index (κ1) is 27.9. The fraction of sp³-hybridized carbons (Fsp3) is 0.344. The predicted octanol–water partition coefficient (Wildman–Crippen LogP) is 5.94. The van der Waals surface area contributed by atoms with Crippen molar-refractivity contribution in [3.63, 3.8) is 0 Å². The van der Waals surface area contributed by atoms with Gasteiger partial charge in [-0.2, -0.15) is 5.26 Å². The molecule has 0 radical (unpaired) electrons. The van der Waals surface area contributed by atoms with Crippen LogP contribution >= 0.6 is 11.6 Å². The number of aromatic nitrogens is 2. The first-order chi connectivity index (χ1) is 20.1. The Morgan fingerprint density at radius 3 is 2.71 bits per heavy atom. The van der Waals surface area contributed by atoms with Gasteiger partial charge in [-0.05, 0) is 59.9 Å². The van der Waals surface area contributed by atoms with E-state index >= 15 is 0 Å². The molecule has 6 rings (SSSR count). The molecule has 0 bridgehead atoms. The Hall–Kier alpha value is -4.26. The molecule has 0 spiro atoms. The third-order valence-corrected chi connectivity index (χ3v) is 8.29. The number of aryl methyl sites for hydroxylation is 1. The normalized spacial score (nSPS) is 16.1. The predicted molar refractivity (Wildman–Crippen MR) is 169 cm³/mol. The molecule has 1 atom stereocenters. The highest BCUT2D eigenvalue weighted by molar-refractivity contribution is 6.35. The molecule has 42 heavy (non-hydrogen) atoms. The van der Waals surface area contributed by atoms with Crippen LogP contribution in [0.5, 0.6) is 0 Å². The van der Waals surface area contributed by atoms with E-state index in [2.05, 4.69) is 64.6 Å². The summed E-state index contributed by atoms with van der Waals surface area (Å²) < 4.78 is 1.59. The zero-order valence-electron chi connectivity index (χ0n) is 24.3. The average molecular weight is 583 g/mol. The van der Waals surface area contributed by atoms with E-state index < -0.39 is 0 Å². The van der Waals surface area contributed by atoms with Crippen LogP contribution in [0.3, 0.4) is 0 Å². The van der Waals surface area contributed by atoms with E-state index in [-0.39, 0.29) is 17.0 Å². The van der Waals surface area contributed by atoms with Gasteiger partial charge in [-0.15, -0.1) is 5.53 Å². The van der Waals surface area contributed by atoms with Crippen molar-refractivity contribution in [3.05, 3.63) is 87.2 Å². The number of nitriles is 1. The number of halogens is 1. The van der Waals surface area contributed by atoms with Crippen molar-refractivity contribution in [2.45, 2.75) is 52.1 Å². The molecule has 216 valence electrons. The second kappa shape index (κ2) is 10.9. The standard InChI is InChI=1S/C32H35ClN8O/c1-32(2,3)18-36-28-19(15-34)16-35-29-25(28)13-20(14-26(29)33)37-30(27-17-41(39-38-27)21-7-5-8-21)23-9-6-10-24-22(23)11-12-40(4)31(24)42/h6,9-14,16-17,21,30,37-39H,5,7-8,18H2,1-4H3,(H,35,36)/t30-/m0/s1. The van der Waals surface area contributed by atoms with Gasteiger partial charge in [-0.25, -0.2) is 0 Å². The molecule has 0 amide bonds. The Labute approximate surface area is 250 Å². The molecule has 2 aromatic heterocycles. The lowest BCUT2D eigenvalue weighted by molar-refractivity contribution is 0.128. The number of rotatable bonds is 7. The molecular formula is C32H35ClN8O. The fourth-order valence-corrected chi connectivity index (χ4v) is 5.73. The number of hydrazine groups is 2. The number of anilines is 2. The molecule has 4 N–H and O–H groups in total. The van der Waals surface area contributed by atoms with Gasteiger partial charge in [0, 0.05) is 54.7 Å². The molecule has 1 fully saturated rings. The van der Waals surface area contributed by atoms with E-state index in [1.54, 1.807) is 24.0 Å². The summed E-state index contributed by atoms with van der Waals surface area (Å²) in [6, 6.07) is 14.0. The Balaban J connectivity index is 1.48. The van der Waals surface area contributed by atoms with Crippen molar-refractivity contribution in [3.8, 4) is 6.07 Å². The minimum Gasteiger partial charge on any atom is -0.383 e. The third kappa shape index (κ3) is 5.24. The molecule has 1 aliphatic heterocycles. The summed E-state index contributed by atoms with van der Waals surface area (Å²) in [5.74, 6) is 0. The van der Waals surface area contributed by atoms with E-state index in [1.807, 2.05) is 36.4 Å². The summed E-state index contributed by atoms with van der Waals surface area (Å²) >= 11 is 6.83. The first-order valence-corrected chi connectivity index (χ1v) is 14.6. The Bertz CT molecular complexity index is 1810. The number of hydrogen-bond donors (Lipinski definition) is 4. The Morgan fingerprint density at radius 2 is 2.00 bits per heavy atom. The minimum absolute atomic E-state index is 0.00157.